The maximum atomic E-state index is 13.6. The Labute approximate surface area is 212 Å². The van der Waals surface area contributed by atoms with Crippen LogP contribution in [-0.2, 0) is 21.2 Å². The average Bonchev–Trinajstić information content (AvgIpc) is 3.28. The summed E-state index contributed by atoms with van der Waals surface area (Å²) in [6.45, 7) is 2.11. The van der Waals surface area contributed by atoms with Gasteiger partial charge in [-0.25, -0.2) is 12.8 Å². The Morgan fingerprint density at radius 1 is 1.15 bits per heavy atom. The van der Waals surface area contributed by atoms with Crippen LogP contribution < -0.4 is 0 Å². The number of hydrogen-bond donors (Lipinski definition) is 0. The van der Waals surface area contributed by atoms with Crippen molar-refractivity contribution in [2.24, 2.45) is 0 Å². The van der Waals surface area contributed by atoms with Gasteiger partial charge in [0.15, 0.2) is 0 Å². The topological polar surface area (TPSA) is 57.7 Å². The lowest BCUT2D eigenvalue weighted by molar-refractivity contribution is -0.133. The zero-order valence-corrected chi connectivity index (χ0v) is 21.5. The van der Waals surface area contributed by atoms with Gasteiger partial charge in [-0.2, -0.15) is 4.31 Å². The molecule has 3 aromatic rings. The van der Waals surface area contributed by atoms with Crippen molar-refractivity contribution in [3.63, 3.8) is 0 Å². The summed E-state index contributed by atoms with van der Waals surface area (Å²) >= 11 is 14.3. The van der Waals surface area contributed by atoms with Crippen LogP contribution in [0.25, 0.3) is 0 Å². The number of halogens is 3. The first kappa shape index (κ1) is 25.1. The highest BCUT2D eigenvalue weighted by molar-refractivity contribution is 7.89. The van der Waals surface area contributed by atoms with E-state index < -0.39 is 21.9 Å². The van der Waals surface area contributed by atoms with Gasteiger partial charge < -0.3 is 4.90 Å². The molecule has 34 heavy (non-hydrogen) atoms. The molecule has 1 amide bonds. The molecule has 1 aromatic heterocycles. The van der Waals surface area contributed by atoms with Crippen LogP contribution in [0.1, 0.15) is 35.4 Å². The predicted molar refractivity (Wildman–Crippen MR) is 133 cm³/mol. The molecule has 2 aromatic carbocycles. The maximum Gasteiger partial charge on any atom is 0.243 e. The molecule has 0 radical (unpaired) electrons. The molecule has 0 aliphatic carbocycles. The van der Waals surface area contributed by atoms with Crippen molar-refractivity contribution in [1.82, 2.24) is 9.21 Å². The second kappa shape index (κ2) is 10.3. The zero-order chi connectivity index (χ0) is 24.5. The first-order chi connectivity index (χ1) is 16.2. The molecule has 0 fully saturated rings. The third kappa shape index (κ3) is 5.02. The molecule has 1 aliphatic heterocycles. The standard InChI is InChI=1S/C24H23Cl2FN2O3S2/c1-2-11-28(34(31,32)18-6-4-17(27)5-7-18)15-23(30)29-12-9-22-20(10-13-33-22)24(29)19-8-3-16(25)14-21(19)26/h3-8,10,13-14,24H,2,9,11-12,15H2,1H3. The van der Waals surface area contributed by atoms with Crippen molar-refractivity contribution < 1.29 is 17.6 Å². The average molecular weight is 541 g/mol. The van der Waals surface area contributed by atoms with E-state index in [1.165, 1.54) is 17.0 Å². The van der Waals surface area contributed by atoms with Gasteiger partial charge in [0.25, 0.3) is 0 Å². The second-order valence-corrected chi connectivity index (χ2v) is 11.8. The quantitative estimate of drug-likeness (QED) is 0.382. The van der Waals surface area contributed by atoms with Crippen molar-refractivity contribution in [3.05, 3.63) is 85.8 Å². The lowest BCUT2D eigenvalue weighted by Gasteiger charge is -2.37. The number of rotatable bonds is 7. The number of amides is 1. The fourth-order valence-electron chi connectivity index (χ4n) is 4.17. The van der Waals surface area contributed by atoms with E-state index in [4.69, 9.17) is 23.2 Å². The summed E-state index contributed by atoms with van der Waals surface area (Å²) in [5.74, 6) is -0.855. The summed E-state index contributed by atoms with van der Waals surface area (Å²) in [5.41, 5.74) is 1.72. The molecule has 1 unspecified atom stereocenters. The lowest BCUT2D eigenvalue weighted by Crippen LogP contribution is -2.47. The molecule has 180 valence electrons. The summed E-state index contributed by atoms with van der Waals surface area (Å²) in [5, 5.41) is 2.92. The van der Waals surface area contributed by atoms with E-state index in [2.05, 4.69) is 0 Å². The Kier molecular flexibility index (Phi) is 7.64. The largest absolute Gasteiger partial charge is 0.330 e. The molecule has 0 saturated heterocycles. The fraction of sp³-hybridized carbons (Fsp3) is 0.292. The van der Waals surface area contributed by atoms with Gasteiger partial charge >= 0.3 is 0 Å². The van der Waals surface area contributed by atoms with Gasteiger partial charge in [-0.15, -0.1) is 11.3 Å². The van der Waals surface area contributed by atoms with Crippen LogP contribution in [0.5, 0.6) is 0 Å². The molecule has 0 bridgehead atoms. The van der Waals surface area contributed by atoms with Gasteiger partial charge in [0.05, 0.1) is 17.5 Å². The highest BCUT2D eigenvalue weighted by Gasteiger charge is 2.36. The minimum atomic E-state index is -3.98. The molecular weight excluding hydrogens is 518 g/mol. The van der Waals surface area contributed by atoms with Gasteiger partial charge in [0.1, 0.15) is 5.82 Å². The van der Waals surface area contributed by atoms with Gasteiger partial charge in [0.2, 0.25) is 15.9 Å². The summed E-state index contributed by atoms with van der Waals surface area (Å²) < 4.78 is 41.0. The summed E-state index contributed by atoms with van der Waals surface area (Å²) in [6.07, 6.45) is 1.20. The third-order valence-corrected chi connectivity index (χ3v) is 9.20. The normalized spacial score (nSPS) is 16.0. The van der Waals surface area contributed by atoms with Crippen LogP contribution in [0.4, 0.5) is 4.39 Å². The summed E-state index contributed by atoms with van der Waals surface area (Å²) in [4.78, 5) is 16.4. The van der Waals surface area contributed by atoms with Crippen LogP contribution in [0.15, 0.2) is 58.8 Å². The molecule has 4 rings (SSSR count). The summed E-state index contributed by atoms with van der Waals surface area (Å²) in [6, 6.07) is 11.3. The van der Waals surface area contributed by atoms with E-state index in [9.17, 15) is 17.6 Å². The Morgan fingerprint density at radius 2 is 1.88 bits per heavy atom. The van der Waals surface area contributed by atoms with Crippen LogP contribution >= 0.6 is 34.5 Å². The van der Waals surface area contributed by atoms with Gasteiger partial charge in [-0.3, -0.25) is 4.79 Å². The fourth-order valence-corrected chi connectivity index (χ4v) is 7.07. The minimum Gasteiger partial charge on any atom is -0.330 e. The molecule has 5 nitrogen and oxygen atoms in total. The SMILES string of the molecule is CCCN(CC(=O)N1CCc2sccc2C1c1ccc(Cl)cc1Cl)S(=O)(=O)c1ccc(F)cc1. The van der Waals surface area contributed by atoms with Crippen LogP contribution in [0.3, 0.4) is 0 Å². The zero-order valence-electron chi connectivity index (χ0n) is 18.4. The highest BCUT2D eigenvalue weighted by Crippen LogP contribution is 2.41. The molecule has 0 spiro atoms. The number of sulfonamides is 1. The van der Waals surface area contributed by atoms with Crippen molar-refractivity contribution in [2.75, 3.05) is 19.6 Å². The molecule has 0 N–H and O–H groups in total. The first-order valence-electron chi connectivity index (χ1n) is 10.8. The minimum absolute atomic E-state index is 0.0498. The highest BCUT2D eigenvalue weighted by atomic mass is 35.5. The van der Waals surface area contributed by atoms with Crippen LogP contribution in [0, 0.1) is 5.82 Å². The monoisotopic (exact) mass is 540 g/mol. The molecule has 2 heterocycles. The van der Waals surface area contributed by atoms with Crippen molar-refractivity contribution in [3.8, 4) is 0 Å². The Bertz CT molecular complexity index is 1300. The van der Waals surface area contributed by atoms with Crippen molar-refractivity contribution in [1.29, 1.82) is 0 Å². The van der Waals surface area contributed by atoms with Crippen molar-refractivity contribution in [2.45, 2.75) is 30.7 Å². The number of nitrogens with zero attached hydrogens (tertiary/aromatic N) is 2. The Hall–Kier alpha value is -1.97. The van der Waals surface area contributed by atoms with E-state index >= 15 is 0 Å². The molecule has 0 saturated carbocycles. The molecule has 1 atom stereocenters. The van der Waals surface area contributed by atoms with Crippen LogP contribution in [-0.4, -0.2) is 43.2 Å². The van der Waals surface area contributed by atoms with Crippen molar-refractivity contribution >= 4 is 50.5 Å². The van der Waals surface area contributed by atoms with E-state index in [1.54, 1.807) is 34.4 Å². The van der Waals surface area contributed by atoms with E-state index in [-0.39, 0.29) is 23.9 Å². The smallest absolute Gasteiger partial charge is 0.243 e. The Morgan fingerprint density at radius 3 is 2.56 bits per heavy atom. The van der Waals surface area contributed by atoms with Gasteiger partial charge in [0, 0.05) is 28.0 Å². The number of carbonyl (C=O) groups excluding carboxylic acids is 1. The maximum absolute atomic E-state index is 13.6. The lowest BCUT2D eigenvalue weighted by atomic mass is 9.93. The van der Waals surface area contributed by atoms with Crippen LogP contribution in [0.2, 0.25) is 10.0 Å². The Balaban J connectivity index is 1.67. The predicted octanol–water partition coefficient (Wildman–Crippen LogP) is 5.77. The third-order valence-electron chi connectivity index (χ3n) is 5.78. The van der Waals surface area contributed by atoms with Gasteiger partial charge in [-0.1, -0.05) is 36.2 Å². The molecule has 10 heteroatoms. The molecular formula is C24H23Cl2FN2O3S2. The van der Waals surface area contributed by atoms with E-state index in [0.717, 1.165) is 27.6 Å². The number of fused-ring (bicyclic) bond motifs is 1. The van der Waals surface area contributed by atoms with E-state index in [1.807, 2.05) is 18.4 Å². The van der Waals surface area contributed by atoms with E-state index in [0.29, 0.717) is 29.4 Å². The molecule has 1 aliphatic rings. The second-order valence-electron chi connectivity index (χ2n) is 8.00. The van der Waals surface area contributed by atoms with Gasteiger partial charge in [-0.05, 0) is 71.8 Å². The number of benzene rings is 2. The summed E-state index contributed by atoms with van der Waals surface area (Å²) in [7, 11) is -3.98. The first-order valence-corrected chi connectivity index (χ1v) is 13.9. The number of carbonyl (C=O) groups is 1. The number of hydrogen-bond acceptors (Lipinski definition) is 4. The number of thiophene rings is 1.